The molecule has 0 fully saturated rings. The highest BCUT2D eigenvalue weighted by Gasteiger charge is 2.15. The molecule has 1 amide bonds. The molecule has 0 atom stereocenters. The van der Waals surface area contributed by atoms with Crippen LogP contribution in [0.2, 0.25) is 0 Å². The average molecular weight is 379 g/mol. The number of benzene rings is 2. The van der Waals surface area contributed by atoms with Crippen molar-refractivity contribution in [1.29, 1.82) is 0 Å². The highest BCUT2D eigenvalue weighted by atomic mass is 16.7. The molecular formula is C23H25NO4. The predicted octanol–water partition coefficient (Wildman–Crippen LogP) is 3.62. The van der Waals surface area contributed by atoms with Crippen molar-refractivity contribution < 1.29 is 19.1 Å². The topological polar surface area (TPSA) is 64.6 Å². The van der Waals surface area contributed by atoms with Crippen molar-refractivity contribution in [1.82, 2.24) is 5.32 Å². The van der Waals surface area contributed by atoms with Gasteiger partial charge >= 0.3 is 0 Å². The van der Waals surface area contributed by atoms with Gasteiger partial charge in [-0.1, -0.05) is 18.2 Å². The van der Waals surface area contributed by atoms with Crippen molar-refractivity contribution in [3.63, 3.8) is 0 Å². The zero-order valence-corrected chi connectivity index (χ0v) is 16.0. The molecule has 0 saturated carbocycles. The van der Waals surface area contributed by atoms with Crippen LogP contribution in [0.5, 0.6) is 11.5 Å². The van der Waals surface area contributed by atoms with Crippen LogP contribution in [-0.2, 0) is 24.1 Å². The number of ketones is 1. The number of Topliss-reactive ketones (excluding diaryl/α,β-unsaturated/α-hetero) is 1. The van der Waals surface area contributed by atoms with E-state index in [-0.39, 0.29) is 31.3 Å². The Morgan fingerprint density at radius 3 is 2.61 bits per heavy atom. The summed E-state index contributed by atoms with van der Waals surface area (Å²) in [5, 5.41) is 2.89. The number of carbonyl (C=O) groups is 2. The van der Waals surface area contributed by atoms with E-state index in [0.717, 1.165) is 35.5 Å². The number of amides is 1. The second-order valence-electron chi connectivity index (χ2n) is 7.40. The van der Waals surface area contributed by atoms with Gasteiger partial charge in [0, 0.05) is 24.9 Å². The summed E-state index contributed by atoms with van der Waals surface area (Å²) in [5.41, 5.74) is 4.47. The molecule has 2 aliphatic rings. The third-order valence-corrected chi connectivity index (χ3v) is 5.42. The van der Waals surface area contributed by atoms with Crippen LogP contribution in [0.3, 0.4) is 0 Å². The molecule has 4 rings (SSSR count). The Labute approximate surface area is 165 Å². The number of hydrogen-bond acceptors (Lipinski definition) is 4. The quantitative estimate of drug-likeness (QED) is 0.747. The van der Waals surface area contributed by atoms with Crippen molar-refractivity contribution >= 4 is 11.7 Å². The lowest BCUT2D eigenvalue weighted by Crippen LogP contribution is -2.26. The molecule has 0 saturated heterocycles. The van der Waals surface area contributed by atoms with Crippen molar-refractivity contribution in [3.05, 3.63) is 58.7 Å². The Bertz CT molecular complexity index is 890. The normalized spacial score (nSPS) is 14.4. The number of aryl methyl sites for hydroxylation is 2. The molecule has 0 spiro atoms. The largest absolute Gasteiger partial charge is 0.454 e. The summed E-state index contributed by atoms with van der Waals surface area (Å²) in [6.45, 7) is 0.791. The minimum absolute atomic E-state index is 0.0410. The summed E-state index contributed by atoms with van der Waals surface area (Å²) in [4.78, 5) is 24.5. The molecule has 2 aromatic rings. The molecule has 146 valence electrons. The maximum absolute atomic E-state index is 12.4. The fourth-order valence-corrected chi connectivity index (χ4v) is 3.81. The van der Waals surface area contributed by atoms with E-state index in [9.17, 15) is 9.59 Å². The molecule has 1 aliphatic carbocycles. The van der Waals surface area contributed by atoms with Gasteiger partial charge in [-0.15, -0.1) is 0 Å². The maximum Gasteiger partial charge on any atom is 0.231 e. The standard InChI is InChI=1S/C23H25NO4/c25-20(19-7-6-17-3-1-2-4-18(17)14-19)8-10-23(26)24-12-11-16-5-9-21-22(13-16)28-15-27-21/h5-7,9,13-14H,1-4,8,10-12,15H2,(H,24,26). The minimum atomic E-state index is -0.0907. The highest BCUT2D eigenvalue weighted by molar-refractivity contribution is 5.98. The van der Waals surface area contributed by atoms with Crippen LogP contribution < -0.4 is 14.8 Å². The number of rotatable bonds is 7. The summed E-state index contributed by atoms with van der Waals surface area (Å²) in [7, 11) is 0. The summed E-state index contributed by atoms with van der Waals surface area (Å²) in [6.07, 6.45) is 5.75. The Morgan fingerprint density at radius 1 is 0.893 bits per heavy atom. The van der Waals surface area contributed by atoms with Gasteiger partial charge in [-0.3, -0.25) is 9.59 Å². The zero-order chi connectivity index (χ0) is 19.3. The Hall–Kier alpha value is -2.82. The van der Waals surface area contributed by atoms with Crippen molar-refractivity contribution in [3.8, 4) is 11.5 Å². The first-order valence-corrected chi connectivity index (χ1v) is 9.99. The summed E-state index contributed by atoms with van der Waals surface area (Å²) in [6, 6.07) is 11.8. The van der Waals surface area contributed by atoms with Crippen LogP contribution in [0.4, 0.5) is 0 Å². The number of carbonyl (C=O) groups excluding carboxylic acids is 2. The predicted molar refractivity (Wildman–Crippen MR) is 106 cm³/mol. The number of fused-ring (bicyclic) bond motifs is 2. The summed E-state index contributed by atoms with van der Waals surface area (Å²) in [5.74, 6) is 1.46. The molecule has 0 bridgehead atoms. The number of nitrogens with one attached hydrogen (secondary N) is 1. The smallest absolute Gasteiger partial charge is 0.231 e. The lowest BCUT2D eigenvalue weighted by atomic mass is 9.89. The van der Waals surface area contributed by atoms with Crippen LogP contribution in [-0.4, -0.2) is 25.0 Å². The Kier molecular flexibility index (Phi) is 5.60. The van der Waals surface area contributed by atoms with Gasteiger partial charge < -0.3 is 14.8 Å². The Balaban J connectivity index is 1.21. The third-order valence-electron chi connectivity index (χ3n) is 5.42. The maximum atomic E-state index is 12.4. The molecule has 0 aromatic heterocycles. The number of ether oxygens (including phenoxy) is 2. The first kappa shape index (κ1) is 18.5. The van der Waals surface area contributed by atoms with Crippen LogP contribution in [0.15, 0.2) is 36.4 Å². The van der Waals surface area contributed by atoms with Gasteiger partial charge in [-0.2, -0.15) is 0 Å². The van der Waals surface area contributed by atoms with E-state index in [4.69, 9.17) is 9.47 Å². The second-order valence-corrected chi connectivity index (χ2v) is 7.40. The van der Waals surface area contributed by atoms with E-state index < -0.39 is 0 Å². The van der Waals surface area contributed by atoms with Gasteiger partial charge in [0.2, 0.25) is 12.7 Å². The molecule has 5 heteroatoms. The average Bonchev–Trinajstić information content (AvgIpc) is 3.19. The van der Waals surface area contributed by atoms with Crippen molar-refractivity contribution in [2.75, 3.05) is 13.3 Å². The van der Waals surface area contributed by atoms with E-state index in [2.05, 4.69) is 11.4 Å². The second kappa shape index (κ2) is 8.46. The fourth-order valence-electron chi connectivity index (χ4n) is 3.81. The zero-order valence-electron chi connectivity index (χ0n) is 16.0. The van der Waals surface area contributed by atoms with Crippen LogP contribution in [0.25, 0.3) is 0 Å². The summed E-state index contributed by atoms with van der Waals surface area (Å²) >= 11 is 0. The molecule has 1 aliphatic heterocycles. The molecular weight excluding hydrogens is 354 g/mol. The van der Waals surface area contributed by atoms with E-state index in [1.807, 2.05) is 30.3 Å². The first-order chi connectivity index (χ1) is 13.7. The molecule has 5 nitrogen and oxygen atoms in total. The monoisotopic (exact) mass is 379 g/mol. The van der Waals surface area contributed by atoms with Crippen LogP contribution >= 0.6 is 0 Å². The molecule has 1 heterocycles. The molecule has 1 N–H and O–H groups in total. The molecule has 0 radical (unpaired) electrons. The van der Waals surface area contributed by atoms with E-state index in [1.165, 1.54) is 24.0 Å². The van der Waals surface area contributed by atoms with Gasteiger partial charge in [0.05, 0.1) is 0 Å². The van der Waals surface area contributed by atoms with E-state index in [0.29, 0.717) is 13.0 Å². The van der Waals surface area contributed by atoms with Gasteiger partial charge in [0.1, 0.15) is 0 Å². The van der Waals surface area contributed by atoms with Crippen molar-refractivity contribution in [2.45, 2.75) is 44.9 Å². The lowest BCUT2D eigenvalue weighted by molar-refractivity contribution is -0.121. The molecule has 28 heavy (non-hydrogen) atoms. The third kappa shape index (κ3) is 4.35. The van der Waals surface area contributed by atoms with Gasteiger partial charge in [0.15, 0.2) is 17.3 Å². The van der Waals surface area contributed by atoms with Crippen molar-refractivity contribution in [2.24, 2.45) is 0 Å². The van der Waals surface area contributed by atoms with Crippen LogP contribution in [0, 0.1) is 0 Å². The van der Waals surface area contributed by atoms with Gasteiger partial charge in [-0.25, -0.2) is 0 Å². The van der Waals surface area contributed by atoms with E-state index in [1.54, 1.807) is 0 Å². The molecule has 0 unspecified atom stereocenters. The SMILES string of the molecule is O=C(CCC(=O)c1ccc2c(c1)CCCC2)NCCc1ccc2c(c1)OCO2. The summed E-state index contributed by atoms with van der Waals surface area (Å²) < 4.78 is 10.7. The lowest BCUT2D eigenvalue weighted by Gasteiger charge is -2.16. The number of hydrogen-bond donors (Lipinski definition) is 1. The van der Waals surface area contributed by atoms with Gasteiger partial charge in [-0.05, 0) is 67.0 Å². The molecule has 2 aromatic carbocycles. The van der Waals surface area contributed by atoms with Gasteiger partial charge in [0.25, 0.3) is 0 Å². The fraction of sp³-hybridized carbons (Fsp3) is 0.391. The van der Waals surface area contributed by atoms with E-state index >= 15 is 0 Å². The first-order valence-electron chi connectivity index (χ1n) is 9.99. The minimum Gasteiger partial charge on any atom is -0.454 e. The highest BCUT2D eigenvalue weighted by Crippen LogP contribution is 2.32. The van der Waals surface area contributed by atoms with Crippen LogP contribution in [0.1, 0.15) is 52.7 Å². The Morgan fingerprint density at radius 2 is 1.71 bits per heavy atom.